The summed E-state index contributed by atoms with van der Waals surface area (Å²) >= 11 is 1.15. The maximum Gasteiger partial charge on any atom is 0.321 e. The number of carboxylic acid groups (broad SMARTS) is 1. The normalized spacial score (nSPS) is 12.4. The molecule has 1 aromatic rings. The maximum absolute atomic E-state index is 11.5. The monoisotopic (exact) mass is 287 g/mol. The van der Waals surface area contributed by atoms with Gasteiger partial charge in [-0.2, -0.15) is 0 Å². The van der Waals surface area contributed by atoms with Crippen LogP contribution < -0.4 is 11.1 Å². The molecule has 0 aromatic carbocycles. The van der Waals surface area contributed by atoms with Gasteiger partial charge >= 0.3 is 5.97 Å². The summed E-state index contributed by atoms with van der Waals surface area (Å²) in [5, 5.41) is 14.9. The fourth-order valence-corrected chi connectivity index (χ4v) is 1.92. The minimum absolute atomic E-state index is 0.110. The highest BCUT2D eigenvalue weighted by molar-refractivity contribution is 8.00. The van der Waals surface area contributed by atoms with Crippen molar-refractivity contribution in [3.8, 4) is 0 Å². The minimum Gasteiger partial charge on any atom is -0.480 e. The van der Waals surface area contributed by atoms with E-state index in [0.29, 0.717) is 0 Å². The standard InChI is InChI=1S/C11H17N3O4S/c1-6(2)8-3-10(18-14-8)13-9(15)5-19-4-7(12)11(16)17/h3,6-7H,4-5,12H2,1-2H3,(H,13,15)(H,16,17). The predicted octanol–water partition coefficient (Wildman–Crippen LogP) is 0.882. The van der Waals surface area contributed by atoms with Crippen molar-refractivity contribution in [2.45, 2.75) is 25.8 Å². The Morgan fingerprint density at radius 1 is 1.58 bits per heavy atom. The zero-order valence-corrected chi connectivity index (χ0v) is 11.6. The Kier molecular flexibility index (Phi) is 5.84. The first kappa shape index (κ1) is 15.5. The summed E-state index contributed by atoms with van der Waals surface area (Å²) in [5.41, 5.74) is 6.07. The number of nitrogens with one attached hydrogen (secondary N) is 1. The first-order valence-electron chi connectivity index (χ1n) is 5.72. The molecule has 7 nitrogen and oxygen atoms in total. The third-order valence-electron chi connectivity index (χ3n) is 2.23. The predicted molar refractivity (Wildman–Crippen MR) is 72.2 cm³/mol. The van der Waals surface area contributed by atoms with E-state index < -0.39 is 12.0 Å². The molecule has 1 atom stereocenters. The molecule has 0 saturated heterocycles. The number of rotatable bonds is 7. The number of carbonyl (C=O) groups excluding carboxylic acids is 1. The van der Waals surface area contributed by atoms with E-state index in [2.05, 4.69) is 10.5 Å². The van der Waals surface area contributed by atoms with E-state index in [0.717, 1.165) is 17.5 Å². The second-order valence-corrected chi connectivity index (χ2v) is 5.31. The summed E-state index contributed by atoms with van der Waals surface area (Å²) in [5.74, 6) is -0.567. The van der Waals surface area contributed by atoms with Gasteiger partial charge in [0.15, 0.2) is 0 Å². The summed E-state index contributed by atoms with van der Waals surface area (Å²) in [4.78, 5) is 22.0. The van der Waals surface area contributed by atoms with Crippen LogP contribution >= 0.6 is 11.8 Å². The summed E-state index contributed by atoms with van der Waals surface area (Å²) < 4.78 is 4.95. The summed E-state index contributed by atoms with van der Waals surface area (Å²) in [6.45, 7) is 3.93. The van der Waals surface area contributed by atoms with Crippen molar-refractivity contribution in [3.05, 3.63) is 11.8 Å². The van der Waals surface area contributed by atoms with Gasteiger partial charge in [-0.3, -0.25) is 14.9 Å². The van der Waals surface area contributed by atoms with Gasteiger partial charge in [-0.1, -0.05) is 19.0 Å². The lowest BCUT2D eigenvalue weighted by Gasteiger charge is -2.05. The Balaban J connectivity index is 2.32. The lowest BCUT2D eigenvalue weighted by molar-refractivity contribution is -0.137. The molecule has 0 aliphatic rings. The topological polar surface area (TPSA) is 118 Å². The number of hydrogen-bond acceptors (Lipinski definition) is 6. The van der Waals surface area contributed by atoms with Crippen molar-refractivity contribution in [3.63, 3.8) is 0 Å². The van der Waals surface area contributed by atoms with E-state index >= 15 is 0 Å². The Morgan fingerprint density at radius 3 is 2.79 bits per heavy atom. The molecular weight excluding hydrogens is 270 g/mol. The third-order valence-corrected chi connectivity index (χ3v) is 3.29. The molecule has 1 heterocycles. The molecule has 0 saturated carbocycles. The van der Waals surface area contributed by atoms with Gasteiger partial charge in [0.2, 0.25) is 11.8 Å². The number of nitrogens with zero attached hydrogens (tertiary/aromatic N) is 1. The van der Waals surface area contributed by atoms with Crippen LogP contribution in [0.5, 0.6) is 0 Å². The lowest BCUT2D eigenvalue weighted by atomic mass is 10.1. The van der Waals surface area contributed by atoms with Gasteiger partial charge in [0.05, 0.1) is 11.4 Å². The fourth-order valence-electron chi connectivity index (χ4n) is 1.14. The van der Waals surface area contributed by atoms with E-state index in [9.17, 15) is 9.59 Å². The Morgan fingerprint density at radius 2 is 2.26 bits per heavy atom. The number of carbonyl (C=O) groups is 2. The smallest absolute Gasteiger partial charge is 0.321 e. The van der Waals surface area contributed by atoms with Crippen LogP contribution in [-0.4, -0.2) is 39.7 Å². The average Bonchev–Trinajstić information content (AvgIpc) is 2.77. The third kappa shape index (κ3) is 5.31. The van der Waals surface area contributed by atoms with Gasteiger partial charge in [-0.05, 0) is 5.92 Å². The molecule has 0 bridgehead atoms. The van der Waals surface area contributed by atoms with Gasteiger partial charge in [-0.25, -0.2) is 0 Å². The van der Waals surface area contributed by atoms with Crippen LogP contribution in [0.4, 0.5) is 5.88 Å². The second-order valence-electron chi connectivity index (χ2n) is 4.28. The summed E-state index contributed by atoms with van der Waals surface area (Å²) in [6, 6.07) is 0.701. The van der Waals surface area contributed by atoms with E-state index in [-0.39, 0.29) is 29.2 Å². The number of carboxylic acids is 1. The molecule has 106 valence electrons. The molecule has 0 spiro atoms. The average molecular weight is 287 g/mol. The molecule has 0 fully saturated rings. The van der Waals surface area contributed by atoms with Crippen LogP contribution in [0.25, 0.3) is 0 Å². The van der Waals surface area contributed by atoms with E-state index in [1.165, 1.54) is 0 Å². The molecule has 1 rings (SSSR count). The van der Waals surface area contributed by atoms with Crippen LogP contribution in [0, 0.1) is 0 Å². The molecule has 19 heavy (non-hydrogen) atoms. The van der Waals surface area contributed by atoms with Crippen LogP contribution in [-0.2, 0) is 9.59 Å². The van der Waals surface area contributed by atoms with Crippen molar-refractivity contribution in [2.75, 3.05) is 16.8 Å². The highest BCUT2D eigenvalue weighted by Gasteiger charge is 2.13. The number of hydrogen-bond donors (Lipinski definition) is 3. The number of anilines is 1. The Labute approximate surface area is 114 Å². The second kappa shape index (κ2) is 7.15. The Bertz CT molecular complexity index is 447. The van der Waals surface area contributed by atoms with Gasteiger partial charge in [-0.15, -0.1) is 11.8 Å². The summed E-state index contributed by atoms with van der Waals surface area (Å²) in [6.07, 6.45) is 0. The first-order valence-corrected chi connectivity index (χ1v) is 6.88. The number of aromatic nitrogens is 1. The molecule has 8 heteroatoms. The van der Waals surface area contributed by atoms with Crippen molar-refractivity contribution in [1.82, 2.24) is 5.16 Å². The zero-order valence-electron chi connectivity index (χ0n) is 10.8. The first-order chi connectivity index (χ1) is 8.90. The minimum atomic E-state index is -1.08. The molecule has 4 N–H and O–H groups in total. The molecule has 1 aromatic heterocycles. The SMILES string of the molecule is CC(C)c1cc(NC(=O)CSCC(N)C(=O)O)on1. The van der Waals surface area contributed by atoms with Crippen molar-refractivity contribution in [2.24, 2.45) is 5.73 Å². The highest BCUT2D eigenvalue weighted by Crippen LogP contribution is 2.17. The van der Waals surface area contributed by atoms with Crippen LogP contribution in [0.15, 0.2) is 10.6 Å². The molecule has 1 amide bonds. The molecule has 0 radical (unpaired) electrons. The number of thioether (sulfide) groups is 1. The van der Waals surface area contributed by atoms with Gasteiger partial charge in [0, 0.05) is 11.8 Å². The largest absolute Gasteiger partial charge is 0.480 e. The van der Waals surface area contributed by atoms with Crippen LogP contribution in [0.3, 0.4) is 0 Å². The molecule has 1 unspecified atom stereocenters. The van der Waals surface area contributed by atoms with E-state index in [1.807, 2.05) is 13.8 Å². The Hall–Kier alpha value is -1.54. The van der Waals surface area contributed by atoms with Crippen LogP contribution in [0.2, 0.25) is 0 Å². The molecule has 0 aliphatic carbocycles. The van der Waals surface area contributed by atoms with Gasteiger partial charge in [0.25, 0.3) is 0 Å². The molecular formula is C11H17N3O4S. The molecule has 0 aliphatic heterocycles. The number of nitrogens with two attached hydrogens (primary N) is 1. The fraction of sp³-hybridized carbons (Fsp3) is 0.545. The van der Waals surface area contributed by atoms with E-state index in [4.69, 9.17) is 15.4 Å². The quantitative estimate of drug-likeness (QED) is 0.681. The van der Waals surface area contributed by atoms with Gasteiger partial charge in [0.1, 0.15) is 6.04 Å². The zero-order chi connectivity index (χ0) is 14.4. The highest BCUT2D eigenvalue weighted by atomic mass is 32.2. The maximum atomic E-state index is 11.5. The number of amides is 1. The van der Waals surface area contributed by atoms with Crippen molar-refractivity contribution >= 4 is 29.5 Å². The summed E-state index contributed by atoms with van der Waals surface area (Å²) in [7, 11) is 0. The van der Waals surface area contributed by atoms with Gasteiger partial charge < -0.3 is 15.4 Å². The number of aliphatic carboxylic acids is 1. The van der Waals surface area contributed by atoms with Crippen molar-refractivity contribution < 1.29 is 19.2 Å². The van der Waals surface area contributed by atoms with Crippen LogP contribution in [0.1, 0.15) is 25.5 Å². The van der Waals surface area contributed by atoms with E-state index in [1.54, 1.807) is 6.07 Å². The van der Waals surface area contributed by atoms with Crippen molar-refractivity contribution in [1.29, 1.82) is 0 Å². The lowest BCUT2D eigenvalue weighted by Crippen LogP contribution is -2.33.